The van der Waals surface area contributed by atoms with Crippen LogP contribution < -0.4 is 14.5 Å². The van der Waals surface area contributed by atoms with Crippen molar-refractivity contribution in [1.29, 1.82) is 0 Å². The highest BCUT2D eigenvalue weighted by Gasteiger charge is 2.29. The molecule has 0 aromatic heterocycles. The number of hydrogen-bond donors (Lipinski definition) is 1. The van der Waals surface area contributed by atoms with Crippen molar-refractivity contribution in [2.24, 2.45) is 5.10 Å². The summed E-state index contributed by atoms with van der Waals surface area (Å²) < 4.78 is 33.3. The second-order valence-electron chi connectivity index (χ2n) is 7.62. The van der Waals surface area contributed by atoms with E-state index in [1.165, 1.54) is 32.1 Å². The van der Waals surface area contributed by atoms with E-state index in [1.807, 2.05) is 6.92 Å². The molecule has 2 aromatic rings. The molecule has 3 rings (SSSR count). The zero-order chi connectivity index (χ0) is 22.3. The minimum atomic E-state index is -4.00. The Kier molecular flexibility index (Phi) is 7.68. The maximum absolute atomic E-state index is 13.5. The summed E-state index contributed by atoms with van der Waals surface area (Å²) in [6.07, 6.45) is 6.18. The smallest absolute Gasteiger partial charge is 0.264 e. The number of nitrogens with one attached hydrogen (secondary N) is 1. The molecule has 0 unspecified atom stereocenters. The van der Waals surface area contributed by atoms with Gasteiger partial charge in [0.25, 0.3) is 15.9 Å². The Morgan fingerprint density at radius 1 is 1.03 bits per heavy atom. The van der Waals surface area contributed by atoms with Crippen LogP contribution in [0.2, 0.25) is 0 Å². The molecule has 166 valence electrons. The second-order valence-corrected chi connectivity index (χ2v) is 9.49. The quantitative estimate of drug-likeness (QED) is 0.517. The van der Waals surface area contributed by atoms with Gasteiger partial charge in [-0.3, -0.25) is 9.10 Å². The third-order valence-electron chi connectivity index (χ3n) is 5.27. The van der Waals surface area contributed by atoms with Crippen molar-refractivity contribution in [3.8, 4) is 5.75 Å². The first-order valence-electron chi connectivity index (χ1n) is 10.5. The van der Waals surface area contributed by atoms with Gasteiger partial charge in [-0.25, -0.2) is 13.8 Å². The van der Waals surface area contributed by atoms with Crippen LogP contribution in [0.5, 0.6) is 5.75 Å². The maximum atomic E-state index is 13.5. The summed E-state index contributed by atoms with van der Waals surface area (Å²) in [6, 6.07) is 13.3. The highest BCUT2D eigenvalue weighted by atomic mass is 32.2. The first-order valence-corrected chi connectivity index (χ1v) is 11.9. The number of aryl methyl sites for hydroxylation is 1. The van der Waals surface area contributed by atoms with E-state index < -0.39 is 22.5 Å². The van der Waals surface area contributed by atoms with Gasteiger partial charge in [-0.2, -0.15) is 5.10 Å². The van der Waals surface area contributed by atoms with Crippen LogP contribution in [0.1, 0.15) is 44.1 Å². The first-order chi connectivity index (χ1) is 14.9. The molecule has 2 aromatic carbocycles. The predicted octanol–water partition coefficient (Wildman–Crippen LogP) is 4.03. The highest BCUT2D eigenvalue weighted by Crippen LogP contribution is 2.32. The molecule has 1 fully saturated rings. The SMILES string of the molecule is COc1ccccc1N(CC(=O)NN=C1CCCCCC1)S(=O)(=O)c1ccc(C)cc1. The minimum absolute atomic E-state index is 0.104. The molecule has 7 nitrogen and oxygen atoms in total. The van der Waals surface area contributed by atoms with Crippen LogP contribution >= 0.6 is 0 Å². The topological polar surface area (TPSA) is 88.1 Å². The van der Waals surface area contributed by atoms with Gasteiger partial charge in [0, 0.05) is 5.71 Å². The number of rotatable bonds is 7. The molecular formula is C23H29N3O4S. The van der Waals surface area contributed by atoms with Crippen molar-refractivity contribution in [3.05, 3.63) is 54.1 Å². The summed E-state index contributed by atoms with van der Waals surface area (Å²) >= 11 is 0. The predicted molar refractivity (Wildman–Crippen MR) is 122 cm³/mol. The zero-order valence-corrected chi connectivity index (χ0v) is 18.8. The molecule has 31 heavy (non-hydrogen) atoms. The molecule has 0 atom stereocenters. The maximum Gasteiger partial charge on any atom is 0.264 e. The molecule has 1 aliphatic rings. The molecule has 0 saturated heterocycles. The number of benzene rings is 2. The van der Waals surface area contributed by atoms with Crippen LogP contribution in [-0.4, -0.2) is 33.7 Å². The summed E-state index contributed by atoms with van der Waals surface area (Å²) in [5.74, 6) is -0.139. The first kappa shape index (κ1) is 22.8. The van der Waals surface area contributed by atoms with Gasteiger partial charge >= 0.3 is 0 Å². The molecule has 8 heteroatoms. The number of carbonyl (C=O) groups excluding carboxylic acids is 1. The minimum Gasteiger partial charge on any atom is -0.495 e. The lowest BCUT2D eigenvalue weighted by atomic mass is 10.2. The van der Waals surface area contributed by atoms with E-state index in [2.05, 4.69) is 10.5 Å². The molecule has 0 bridgehead atoms. The van der Waals surface area contributed by atoms with Crippen molar-refractivity contribution in [2.45, 2.75) is 50.3 Å². The number of hydrogen-bond acceptors (Lipinski definition) is 5. The average molecular weight is 444 g/mol. The number of para-hydroxylation sites is 2. The number of amides is 1. The number of ether oxygens (including phenoxy) is 1. The van der Waals surface area contributed by atoms with Crippen LogP contribution in [0.25, 0.3) is 0 Å². The van der Waals surface area contributed by atoms with Crippen LogP contribution in [0.3, 0.4) is 0 Å². The Morgan fingerprint density at radius 3 is 2.32 bits per heavy atom. The third-order valence-corrected chi connectivity index (χ3v) is 7.04. The largest absolute Gasteiger partial charge is 0.495 e. The summed E-state index contributed by atoms with van der Waals surface area (Å²) in [6.45, 7) is 1.47. The number of carbonyl (C=O) groups is 1. The summed E-state index contributed by atoms with van der Waals surface area (Å²) in [5.41, 5.74) is 4.75. The summed E-state index contributed by atoms with van der Waals surface area (Å²) in [4.78, 5) is 12.8. The Balaban J connectivity index is 1.90. The van der Waals surface area contributed by atoms with Gasteiger partial charge in [0.2, 0.25) is 0 Å². The third kappa shape index (κ3) is 5.85. The van der Waals surface area contributed by atoms with E-state index in [1.54, 1.807) is 36.4 Å². The fourth-order valence-corrected chi connectivity index (χ4v) is 4.96. The van der Waals surface area contributed by atoms with Gasteiger partial charge in [-0.15, -0.1) is 0 Å². The molecular weight excluding hydrogens is 414 g/mol. The van der Waals surface area contributed by atoms with Gasteiger partial charge in [0.15, 0.2) is 0 Å². The molecule has 1 amide bonds. The van der Waals surface area contributed by atoms with Crippen LogP contribution in [0.15, 0.2) is 58.5 Å². The number of sulfonamides is 1. The fraction of sp³-hybridized carbons (Fsp3) is 0.391. The standard InChI is InChI=1S/C23H29N3O4S/c1-18-13-15-20(16-14-18)31(28,29)26(21-11-7-8-12-22(21)30-2)17-23(27)25-24-19-9-5-3-4-6-10-19/h7-8,11-16H,3-6,9-10,17H2,1-2H3,(H,25,27). The van der Waals surface area contributed by atoms with Gasteiger partial charge in [0.1, 0.15) is 12.3 Å². The molecule has 0 heterocycles. The normalized spacial score (nSPS) is 14.5. The average Bonchev–Trinajstić information content (AvgIpc) is 3.05. The van der Waals surface area contributed by atoms with Crippen molar-refractivity contribution in [1.82, 2.24) is 5.43 Å². The number of nitrogens with zero attached hydrogens (tertiary/aromatic N) is 2. The number of anilines is 1. The molecule has 1 N–H and O–H groups in total. The van der Waals surface area contributed by atoms with Gasteiger partial charge in [0.05, 0.1) is 17.7 Å². The van der Waals surface area contributed by atoms with Crippen LogP contribution in [-0.2, 0) is 14.8 Å². The van der Waals surface area contributed by atoms with E-state index in [0.717, 1.165) is 41.3 Å². The fourth-order valence-electron chi connectivity index (χ4n) is 3.53. The Bertz CT molecular complexity index is 1020. The van der Waals surface area contributed by atoms with E-state index in [0.29, 0.717) is 11.4 Å². The lowest BCUT2D eigenvalue weighted by molar-refractivity contribution is -0.119. The lowest BCUT2D eigenvalue weighted by Crippen LogP contribution is -2.40. The summed E-state index contributed by atoms with van der Waals surface area (Å²) in [7, 11) is -2.54. The van der Waals surface area contributed by atoms with Crippen molar-refractivity contribution in [2.75, 3.05) is 18.0 Å². The van der Waals surface area contributed by atoms with Crippen molar-refractivity contribution < 1.29 is 17.9 Å². The molecule has 0 spiro atoms. The van der Waals surface area contributed by atoms with Gasteiger partial charge in [-0.1, -0.05) is 42.7 Å². The van der Waals surface area contributed by atoms with E-state index in [4.69, 9.17) is 4.74 Å². The molecule has 1 aliphatic carbocycles. The molecule has 1 saturated carbocycles. The monoisotopic (exact) mass is 443 g/mol. The second kappa shape index (κ2) is 10.4. The van der Waals surface area contributed by atoms with E-state index >= 15 is 0 Å². The number of methoxy groups -OCH3 is 1. The molecule has 0 aliphatic heterocycles. The Morgan fingerprint density at radius 2 is 1.68 bits per heavy atom. The highest BCUT2D eigenvalue weighted by molar-refractivity contribution is 7.92. The van der Waals surface area contributed by atoms with Crippen molar-refractivity contribution in [3.63, 3.8) is 0 Å². The van der Waals surface area contributed by atoms with Crippen LogP contribution in [0.4, 0.5) is 5.69 Å². The molecule has 0 radical (unpaired) electrons. The van der Waals surface area contributed by atoms with Gasteiger partial charge < -0.3 is 4.74 Å². The van der Waals surface area contributed by atoms with Crippen molar-refractivity contribution >= 4 is 27.3 Å². The van der Waals surface area contributed by atoms with Crippen LogP contribution in [0, 0.1) is 6.92 Å². The van der Waals surface area contributed by atoms with E-state index in [9.17, 15) is 13.2 Å². The van der Waals surface area contributed by atoms with E-state index in [-0.39, 0.29) is 4.90 Å². The number of hydrazone groups is 1. The summed E-state index contributed by atoms with van der Waals surface area (Å²) in [5, 5.41) is 4.26. The van der Waals surface area contributed by atoms with Gasteiger partial charge in [-0.05, 0) is 56.9 Å². The lowest BCUT2D eigenvalue weighted by Gasteiger charge is -2.25. The Labute approximate surface area is 184 Å². The zero-order valence-electron chi connectivity index (χ0n) is 18.0. The Hall–Kier alpha value is -2.87.